The molecule has 0 amide bonds. The molecule has 0 fully saturated rings. The maximum atomic E-state index is 4.62. The SMILES string of the molecule is C1=Cc2cc3ccc(cc4ccc(cc5nc(cc1n2)C=C5)[nH]4)[nH]3.C1=Cc2cc3ccc(cc4ccc(cc5nc(cc1n2)C=C5)[nH]4)[nH]3.[Fe].[Mo]. The van der Waals surface area contributed by atoms with E-state index in [1.807, 2.05) is 85.0 Å². The molecule has 0 saturated carbocycles. The van der Waals surface area contributed by atoms with Crippen molar-refractivity contribution in [2.24, 2.45) is 0 Å². The van der Waals surface area contributed by atoms with Gasteiger partial charge >= 0.3 is 0 Å². The summed E-state index contributed by atoms with van der Waals surface area (Å²) in [7, 11) is 0. The minimum absolute atomic E-state index is 0. The van der Waals surface area contributed by atoms with Crippen LogP contribution in [0.1, 0.15) is 45.6 Å². The third kappa shape index (κ3) is 7.51. The Balaban J connectivity index is 0.000000151. The summed E-state index contributed by atoms with van der Waals surface area (Å²) in [5.74, 6) is 0. The van der Waals surface area contributed by atoms with Gasteiger partial charge in [0.1, 0.15) is 0 Å². The van der Waals surface area contributed by atoms with Gasteiger partial charge in [-0.3, -0.25) is 0 Å². The largest absolute Gasteiger partial charge is 0.355 e. The molecule has 0 aliphatic carbocycles. The predicted octanol–water partition coefficient (Wildman–Crippen LogP) is 9.31. The van der Waals surface area contributed by atoms with Gasteiger partial charge in [-0.2, -0.15) is 0 Å². The Morgan fingerprint density at radius 3 is 0.660 bits per heavy atom. The van der Waals surface area contributed by atoms with E-state index in [1.165, 1.54) is 0 Å². The molecule has 10 heterocycles. The molecule has 6 aromatic rings. The van der Waals surface area contributed by atoms with Gasteiger partial charge in [0.15, 0.2) is 0 Å². The van der Waals surface area contributed by atoms with E-state index in [-0.39, 0.29) is 38.1 Å². The smallest absolute Gasteiger partial charge is 0.0659 e. The van der Waals surface area contributed by atoms with Gasteiger partial charge in [-0.15, -0.1) is 0 Å². The maximum Gasteiger partial charge on any atom is 0.0659 e. The zero-order chi connectivity index (χ0) is 31.9. The average molecular weight is 773 g/mol. The normalized spacial score (nSPS) is 12.2. The first-order valence-corrected chi connectivity index (χ1v) is 15.7. The third-order valence-electron chi connectivity index (χ3n) is 8.08. The van der Waals surface area contributed by atoms with Crippen LogP contribution in [0.4, 0.5) is 0 Å². The van der Waals surface area contributed by atoms with E-state index in [0.717, 1.165) is 89.7 Å². The third-order valence-corrected chi connectivity index (χ3v) is 8.08. The molecule has 0 radical (unpaired) electrons. The first kappa shape index (κ1) is 32.9. The Bertz CT molecular complexity index is 2340. The summed E-state index contributed by atoms with van der Waals surface area (Å²) < 4.78 is 0. The summed E-state index contributed by atoms with van der Waals surface area (Å²) in [6.45, 7) is 0. The number of aromatic nitrogens is 8. The van der Waals surface area contributed by atoms with Crippen LogP contribution in [0, 0.1) is 0 Å². The van der Waals surface area contributed by atoms with E-state index in [4.69, 9.17) is 0 Å². The Labute approximate surface area is 311 Å². The fourth-order valence-electron chi connectivity index (χ4n) is 5.89. The number of H-pyrrole nitrogens is 4. The van der Waals surface area contributed by atoms with Gasteiger partial charge in [-0.05, 0) is 146 Å². The molecule has 0 spiro atoms. The fraction of sp³-hybridized carbons (Fsp3) is 0. The summed E-state index contributed by atoms with van der Waals surface area (Å²) >= 11 is 0. The van der Waals surface area contributed by atoms with Crippen molar-refractivity contribution in [3.8, 4) is 0 Å². The van der Waals surface area contributed by atoms with E-state index in [0.29, 0.717) is 0 Å². The molecule has 0 atom stereocenters. The van der Waals surface area contributed by atoms with Crippen molar-refractivity contribution in [3.63, 3.8) is 0 Å². The van der Waals surface area contributed by atoms with Crippen LogP contribution in [0.25, 0.3) is 92.7 Å². The Morgan fingerprint density at radius 2 is 0.440 bits per heavy atom. The first-order valence-electron chi connectivity index (χ1n) is 15.7. The molecule has 10 rings (SSSR count). The van der Waals surface area contributed by atoms with E-state index in [1.54, 1.807) is 0 Å². The van der Waals surface area contributed by atoms with E-state index >= 15 is 0 Å². The summed E-state index contributed by atoms with van der Waals surface area (Å²) in [6, 6.07) is 32.8. The molecule has 242 valence electrons. The molecule has 0 aromatic carbocycles. The average Bonchev–Trinajstić information content (AvgIpc) is 3.91. The molecule has 0 saturated heterocycles. The van der Waals surface area contributed by atoms with Crippen LogP contribution in [0.3, 0.4) is 0 Å². The standard InChI is InChI=1S/2C20H14N4.Fe.Mo/c2*1-2-14-10-16-5-6-18(23-16)12-20-8-7-19(24-20)11-17-4-3-15(22-17)9-13(1)21-14;;/h2*1-12,21-22H;;. The van der Waals surface area contributed by atoms with E-state index in [2.05, 4.69) is 101 Å². The summed E-state index contributed by atoms with van der Waals surface area (Å²) in [6.07, 6.45) is 16.1. The summed E-state index contributed by atoms with van der Waals surface area (Å²) in [4.78, 5) is 32.0. The Morgan fingerprint density at radius 1 is 0.260 bits per heavy atom. The topological polar surface area (TPSA) is 115 Å². The second-order valence-electron chi connectivity index (χ2n) is 11.8. The number of hydrogen-bond donors (Lipinski definition) is 4. The van der Waals surface area contributed by atoms with Gasteiger partial charge < -0.3 is 19.9 Å². The van der Waals surface area contributed by atoms with Crippen LogP contribution in [-0.2, 0) is 38.1 Å². The first-order chi connectivity index (χ1) is 23.6. The van der Waals surface area contributed by atoms with Crippen LogP contribution in [-0.4, -0.2) is 39.9 Å². The Kier molecular flexibility index (Phi) is 9.29. The van der Waals surface area contributed by atoms with Crippen molar-refractivity contribution < 1.29 is 38.1 Å². The van der Waals surface area contributed by atoms with Crippen LogP contribution in [0.5, 0.6) is 0 Å². The van der Waals surface area contributed by atoms with Crippen LogP contribution in [0.2, 0.25) is 0 Å². The number of hydrogen-bond acceptors (Lipinski definition) is 4. The molecule has 16 bridgehead atoms. The van der Waals surface area contributed by atoms with Gasteiger partial charge in [0.05, 0.1) is 45.6 Å². The number of nitrogens with one attached hydrogen (secondary N) is 4. The quantitative estimate of drug-likeness (QED) is 0.115. The number of rotatable bonds is 0. The molecule has 10 heteroatoms. The van der Waals surface area contributed by atoms with Gasteiger partial charge in [-0.25, -0.2) is 19.9 Å². The molecule has 4 aliphatic rings. The molecule has 4 aliphatic heterocycles. The van der Waals surface area contributed by atoms with E-state index < -0.39 is 0 Å². The zero-order valence-corrected chi connectivity index (χ0v) is 29.5. The molecule has 4 N–H and O–H groups in total. The molecular formula is C40H28FeMoN8. The molecule has 6 aromatic heterocycles. The van der Waals surface area contributed by atoms with Crippen LogP contribution < -0.4 is 0 Å². The number of fused-ring (bicyclic) bond motifs is 16. The maximum absolute atomic E-state index is 4.62. The summed E-state index contributed by atoms with van der Waals surface area (Å²) in [5.41, 5.74) is 15.7. The van der Waals surface area contributed by atoms with Crippen molar-refractivity contribution >= 4 is 92.7 Å². The van der Waals surface area contributed by atoms with Gasteiger partial charge in [0.2, 0.25) is 0 Å². The molecule has 0 unspecified atom stereocenters. The van der Waals surface area contributed by atoms with Gasteiger partial charge in [0, 0.05) is 82.3 Å². The molecular weight excluding hydrogens is 744 g/mol. The van der Waals surface area contributed by atoms with Crippen molar-refractivity contribution in [1.82, 2.24) is 39.9 Å². The number of aromatic amines is 4. The van der Waals surface area contributed by atoms with Gasteiger partial charge in [-0.1, -0.05) is 0 Å². The van der Waals surface area contributed by atoms with Gasteiger partial charge in [0.25, 0.3) is 0 Å². The summed E-state index contributed by atoms with van der Waals surface area (Å²) in [5, 5.41) is 0. The van der Waals surface area contributed by atoms with E-state index in [9.17, 15) is 0 Å². The number of nitrogens with zero attached hydrogens (tertiary/aromatic N) is 4. The Hall–Kier alpha value is -5.59. The van der Waals surface area contributed by atoms with Crippen molar-refractivity contribution in [2.45, 2.75) is 0 Å². The second kappa shape index (κ2) is 14.1. The van der Waals surface area contributed by atoms with Crippen LogP contribution >= 0.6 is 0 Å². The van der Waals surface area contributed by atoms with Crippen molar-refractivity contribution in [1.29, 1.82) is 0 Å². The molecule has 50 heavy (non-hydrogen) atoms. The van der Waals surface area contributed by atoms with Crippen LogP contribution in [0.15, 0.2) is 97.1 Å². The minimum atomic E-state index is 0. The minimum Gasteiger partial charge on any atom is -0.355 e. The molecule has 8 nitrogen and oxygen atoms in total. The van der Waals surface area contributed by atoms with Crippen molar-refractivity contribution in [2.75, 3.05) is 0 Å². The monoisotopic (exact) mass is 774 g/mol. The zero-order valence-electron chi connectivity index (χ0n) is 26.4. The predicted molar refractivity (Wildman–Crippen MR) is 198 cm³/mol. The second-order valence-corrected chi connectivity index (χ2v) is 11.8. The fourth-order valence-corrected chi connectivity index (χ4v) is 5.89. The van der Waals surface area contributed by atoms with Crippen molar-refractivity contribution in [3.05, 3.63) is 143 Å².